The van der Waals surface area contributed by atoms with Gasteiger partial charge in [-0.2, -0.15) is 4.68 Å². The number of rotatable bonds is 9. The van der Waals surface area contributed by atoms with Crippen LogP contribution >= 0.6 is 11.6 Å². The first-order valence-electron chi connectivity index (χ1n) is 11.0. The molecule has 0 saturated heterocycles. The molecule has 2 aromatic carbocycles. The number of nitrogens with zero attached hydrogens (tertiary/aromatic N) is 4. The molecule has 10 heteroatoms. The Labute approximate surface area is 202 Å². The first-order chi connectivity index (χ1) is 16.5. The number of anilines is 1. The van der Waals surface area contributed by atoms with Gasteiger partial charge in [-0.3, -0.25) is 0 Å². The van der Waals surface area contributed by atoms with Crippen LogP contribution < -0.4 is 14.8 Å². The Balaban J connectivity index is 1.65. The molecule has 0 aliphatic carbocycles. The van der Waals surface area contributed by atoms with Crippen LogP contribution in [0.3, 0.4) is 0 Å². The third kappa shape index (κ3) is 4.84. The summed E-state index contributed by atoms with van der Waals surface area (Å²) >= 11 is 6.25. The number of esters is 1. The lowest BCUT2D eigenvalue weighted by molar-refractivity contribution is -0.139. The van der Waals surface area contributed by atoms with Gasteiger partial charge in [0.05, 0.1) is 19.3 Å². The van der Waals surface area contributed by atoms with Crippen LogP contribution in [0.15, 0.2) is 53.7 Å². The van der Waals surface area contributed by atoms with E-state index in [1.165, 1.54) is 0 Å². The van der Waals surface area contributed by atoms with Crippen molar-refractivity contribution in [3.8, 4) is 11.5 Å². The minimum absolute atomic E-state index is 0.286. The average Bonchev–Trinajstić information content (AvgIpc) is 3.30. The van der Waals surface area contributed by atoms with E-state index in [2.05, 4.69) is 20.8 Å². The van der Waals surface area contributed by atoms with Gasteiger partial charge in [0.15, 0.2) is 11.5 Å². The van der Waals surface area contributed by atoms with E-state index in [0.717, 1.165) is 24.0 Å². The Morgan fingerprint density at radius 1 is 1.21 bits per heavy atom. The molecule has 0 radical (unpaired) electrons. The van der Waals surface area contributed by atoms with Gasteiger partial charge in [0, 0.05) is 16.3 Å². The third-order valence-corrected chi connectivity index (χ3v) is 5.88. The van der Waals surface area contributed by atoms with Crippen molar-refractivity contribution >= 4 is 23.5 Å². The van der Waals surface area contributed by atoms with Crippen molar-refractivity contribution in [1.82, 2.24) is 20.2 Å². The molecule has 9 nitrogen and oxygen atoms in total. The van der Waals surface area contributed by atoms with E-state index in [0.29, 0.717) is 40.3 Å². The van der Waals surface area contributed by atoms with Crippen molar-refractivity contribution in [3.63, 3.8) is 0 Å². The minimum Gasteiger partial charge on any atom is -0.493 e. The van der Waals surface area contributed by atoms with Crippen LogP contribution in [0.2, 0.25) is 5.02 Å². The second-order valence-electron chi connectivity index (χ2n) is 7.79. The summed E-state index contributed by atoms with van der Waals surface area (Å²) in [4.78, 5) is 13.0. The number of benzene rings is 2. The van der Waals surface area contributed by atoms with E-state index in [4.69, 9.17) is 25.8 Å². The zero-order valence-corrected chi connectivity index (χ0v) is 20.0. The van der Waals surface area contributed by atoms with Crippen LogP contribution in [0.25, 0.3) is 0 Å². The molecule has 0 saturated carbocycles. The molecule has 1 aromatic heterocycles. The summed E-state index contributed by atoms with van der Waals surface area (Å²) in [6.45, 7) is 4.48. The van der Waals surface area contributed by atoms with Gasteiger partial charge < -0.3 is 19.5 Å². The predicted molar refractivity (Wildman–Crippen MR) is 127 cm³/mol. The monoisotopic (exact) mass is 483 g/mol. The smallest absolute Gasteiger partial charge is 0.338 e. The summed E-state index contributed by atoms with van der Waals surface area (Å²) < 4.78 is 18.7. The van der Waals surface area contributed by atoms with E-state index in [-0.39, 0.29) is 6.61 Å². The highest BCUT2D eigenvalue weighted by molar-refractivity contribution is 6.31. The fourth-order valence-corrected chi connectivity index (χ4v) is 3.91. The van der Waals surface area contributed by atoms with E-state index >= 15 is 0 Å². The van der Waals surface area contributed by atoms with Gasteiger partial charge in [-0.1, -0.05) is 54.3 Å². The number of allylic oxidation sites excluding steroid dienone is 1. The van der Waals surface area contributed by atoms with Crippen LogP contribution in [0.1, 0.15) is 43.9 Å². The third-order valence-electron chi connectivity index (χ3n) is 5.51. The van der Waals surface area contributed by atoms with Crippen molar-refractivity contribution in [2.24, 2.45) is 0 Å². The van der Waals surface area contributed by atoms with Crippen molar-refractivity contribution in [3.05, 3.63) is 69.9 Å². The fraction of sp³-hybridized carbons (Fsp3) is 0.333. The number of ether oxygens (including phenoxy) is 3. The van der Waals surface area contributed by atoms with Crippen molar-refractivity contribution in [1.29, 1.82) is 0 Å². The molecule has 1 atom stereocenters. The number of hydrogen-bond acceptors (Lipinski definition) is 8. The Kier molecular flexibility index (Phi) is 7.32. The number of unbranched alkanes of at least 4 members (excludes halogenated alkanes) is 1. The van der Waals surface area contributed by atoms with Gasteiger partial charge in [-0.15, -0.1) is 0 Å². The molecule has 178 valence electrons. The molecule has 1 aliphatic heterocycles. The number of nitrogens with one attached hydrogen (secondary N) is 1. The number of fused-ring (bicyclic) bond motifs is 1. The summed E-state index contributed by atoms with van der Waals surface area (Å²) in [5, 5.41) is 15.6. The normalized spacial score (nSPS) is 14.9. The molecule has 1 aliphatic rings. The van der Waals surface area contributed by atoms with E-state index < -0.39 is 12.0 Å². The zero-order chi connectivity index (χ0) is 24.1. The maximum atomic E-state index is 13.0. The van der Waals surface area contributed by atoms with Gasteiger partial charge in [0.25, 0.3) is 0 Å². The molecule has 4 rings (SSSR count). The van der Waals surface area contributed by atoms with Crippen LogP contribution in [-0.2, 0) is 16.1 Å². The first-order valence-corrected chi connectivity index (χ1v) is 11.4. The van der Waals surface area contributed by atoms with Crippen molar-refractivity contribution in [2.75, 3.05) is 19.0 Å². The lowest BCUT2D eigenvalue weighted by atomic mass is 9.95. The topological polar surface area (TPSA) is 100 Å². The maximum Gasteiger partial charge on any atom is 0.338 e. The molecule has 0 amide bonds. The Morgan fingerprint density at radius 2 is 2.03 bits per heavy atom. The summed E-state index contributed by atoms with van der Waals surface area (Å²) in [6, 6.07) is 12.4. The fourth-order valence-electron chi connectivity index (χ4n) is 3.72. The standard InChI is InChI=1S/C24H26ClN5O4/c1-4-5-12-33-23(31)21-15(2)26-24-27-28-29-30(24)22(21)16-10-11-19(20(13-16)32-3)34-14-17-8-6-7-9-18(17)25/h6-11,13,22H,4-5,12,14H2,1-3H3,(H,26,27,29). The summed E-state index contributed by atoms with van der Waals surface area (Å²) in [6.07, 6.45) is 1.72. The maximum absolute atomic E-state index is 13.0. The molecule has 2 heterocycles. The van der Waals surface area contributed by atoms with E-state index in [9.17, 15) is 4.79 Å². The van der Waals surface area contributed by atoms with Gasteiger partial charge >= 0.3 is 5.97 Å². The quantitative estimate of drug-likeness (QED) is 0.349. The van der Waals surface area contributed by atoms with Gasteiger partial charge in [0.1, 0.15) is 12.6 Å². The summed E-state index contributed by atoms with van der Waals surface area (Å²) in [5.74, 6) is 1.08. The SMILES string of the molecule is CCCCOC(=O)C1=C(C)Nc2nnnn2C1c1ccc(OCc2ccccc2Cl)c(OC)c1. The number of tetrazole rings is 1. The number of hydrogen-bond donors (Lipinski definition) is 1. The van der Waals surface area contributed by atoms with Gasteiger partial charge in [-0.05, 0) is 47.5 Å². The Morgan fingerprint density at radius 3 is 2.79 bits per heavy atom. The largest absolute Gasteiger partial charge is 0.493 e. The second kappa shape index (κ2) is 10.6. The highest BCUT2D eigenvalue weighted by Crippen LogP contribution is 2.39. The molecule has 3 aromatic rings. The number of methoxy groups -OCH3 is 1. The summed E-state index contributed by atoms with van der Waals surface area (Å²) in [5.41, 5.74) is 2.68. The van der Waals surface area contributed by atoms with Crippen LogP contribution in [0.5, 0.6) is 11.5 Å². The number of aromatic nitrogens is 4. The first kappa shape index (κ1) is 23.6. The van der Waals surface area contributed by atoms with Gasteiger partial charge in [0.2, 0.25) is 5.95 Å². The highest BCUT2D eigenvalue weighted by Gasteiger charge is 2.35. The van der Waals surface area contributed by atoms with Crippen LogP contribution in [-0.4, -0.2) is 39.9 Å². The Hall–Kier alpha value is -3.59. The van der Waals surface area contributed by atoms with Gasteiger partial charge in [-0.25, -0.2) is 4.79 Å². The molecule has 34 heavy (non-hydrogen) atoms. The zero-order valence-electron chi connectivity index (χ0n) is 19.2. The predicted octanol–water partition coefficient (Wildman–Crippen LogP) is 4.55. The highest BCUT2D eigenvalue weighted by atomic mass is 35.5. The van der Waals surface area contributed by atoms with E-state index in [1.54, 1.807) is 24.8 Å². The number of carbonyl (C=O) groups is 1. The molecule has 0 bridgehead atoms. The minimum atomic E-state index is -0.591. The average molecular weight is 484 g/mol. The lowest BCUT2D eigenvalue weighted by Crippen LogP contribution is -2.30. The summed E-state index contributed by atoms with van der Waals surface area (Å²) in [7, 11) is 1.56. The van der Waals surface area contributed by atoms with Crippen LogP contribution in [0, 0.1) is 0 Å². The molecule has 1 N–H and O–H groups in total. The van der Waals surface area contributed by atoms with E-state index in [1.807, 2.05) is 43.3 Å². The van der Waals surface area contributed by atoms with Crippen LogP contribution in [0.4, 0.5) is 5.95 Å². The second-order valence-corrected chi connectivity index (χ2v) is 8.20. The molecule has 0 fully saturated rings. The van der Waals surface area contributed by atoms with Crippen molar-refractivity contribution in [2.45, 2.75) is 39.3 Å². The number of carbonyl (C=O) groups excluding carboxylic acids is 1. The molecule has 0 spiro atoms. The molecule has 1 unspecified atom stereocenters. The Bertz CT molecular complexity index is 1210. The lowest BCUT2D eigenvalue weighted by Gasteiger charge is -2.27. The van der Waals surface area contributed by atoms with Crippen molar-refractivity contribution < 1.29 is 19.0 Å². The molecular formula is C24H26ClN5O4. The molecular weight excluding hydrogens is 458 g/mol. The number of halogens is 1.